The molecule has 0 spiro atoms. The van der Waals surface area contributed by atoms with E-state index in [1.54, 1.807) is 13.1 Å². The fourth-order valence-corrected chi connectivity index (χ4v) is 3.33. The monoisotopic (exact) mass is 334 g/mol. The van der Waals surface area contributed by atoms with Gasteiger partial charge in [-0.15, -0.1) is 0 Å². The van der Waals surface area contributed by atoms with E-state index < -0.39 is 0 Å². The van der Waals surface area contributed by atoms with Gasteiger partial charge in [0.25, 0.3) is 0 Å². The van der Waals surface area contributed by atoms with Crippen LogP contribution in [-0.4, -0.2) is 39.0 Å². The van der Waals surface area contributed by atoms with Crippen molar-refractivity contribution in [3.05, 3.63) is 66.3 Å². The Labute approximate surface area is 145 Å². The van der Waals surface area contributed by atoms with Gasteiger partial charge in [0.1, 0.15) is 0 Å². The van der Waals surface area contributed by atoms with Crippen molar-refractivity contribution in [1.82, 2.24) is 20.0 Å². The van der Waals surface area contributed by atoms with E-state index in [9.17, 15) is 4.79 Å². The molecule has 4 rings (SSSR count). The van der Waals surface area contributed by atoms with E-state index in [-0.39, 0.29) is 17.7 Å². The van der Waals surface area contributed by atoms with Crippen LogP contribution in [0, 0.1) is 0 Å². The maximum Gasteiger partial charge on any atom is 0.232 e. The van der Waals surface area contributed by atoms with Gasteiger partial charge in [-0.3, -0.25) is 9.78 Å². The van der Waals surface area contributed by atoms with Crippen LogP contribution in [0.25, 0.3) is 11.4 Å². The van der Waals surface area contributed by atoms with Crippen molar-refractivity contribution < 1.29 is 9.32 Å². The van der Waals surface area contributed by atoms with Crippen molar-refractivity contribution in [3.63, 3.8) is 0 Å². The third-order valence-corrected chi connectivity index (χ3v) is 4.67. The molecule has 0 radical (unpaired) electrons. The number of benzene rings is 1. The van der Waals surface area contributed by atoms with Crippen molar-refractivity contribution in [3.8, 4) is 11.4 Å². The predicted octanol–water partition coefficient (Wildman–Crippen LogP) is 2.86. The highest BCUT2D eigenvalue weighted by Gasteiger charge is 2.39. The van der Waals surface area contributed by atoms with Crippen LogP contribution in [0.4, 0.5) is 0 Å². The number of hydrogen-bond acceptors (Lipinski definition) is 5. The van der Waals surface area contributed by atoms with E-state index >= 15 is 0 Å². The van der Waals surface area contributed by atoms with Gasteiger partial charge < -0.3 is 9.42 Å². The lowest BCUT2D eigenvalue weighted by Crippen LogP contribution is -2.25. The van der Waals surface area contributed by atoms with Crippen LogP contribution in [0.5, 0.6) is 0 Å². The molecule has 126 valence electrons. The Bertz CT molecular complexity index is 863. The van der Waals surface area contributed by atoms with Crippen LogP contribution in [-0.2, 0) is 4.79 Å². The van der Waals surface area contributed by atoms with Crippen LogP contribution < -0.4 is 0 Å². The molecule has 6 heteroatoms. The summed E-state index contributed by atoms with van der Waals surface area (Å²) in [5, 5.41) is 4.12. The second-order valence-electron chi connectivity index (χ2n) is 6.25. The van der Waals surface area contributed by atoms with E-state index in [0.29, 0.717) is 24.8 Å². The number of carbonyl (C=O) groups is 1. The molecule has 0 saturated carbocycles. The fraction of sp³-hybridized carbons (Fsp3) is 0.263. The summed E-state index contributed by atoms with van der Waals surface area (Å²) in [4.78, 5) is 22.5. The normalized spacial score (nSPS) is 20.0. The maximum atomic E-state index is 11.9. The molecule has 1 aliphatic rings. The van der Waals surface area contributed by atoms with Gasteiger partial charge in [0, 0.05) is 43.9 Å². The van der Waals surface area contributed by atoms with Crippen LogP contribution in [0.2, 0.25) is 0 Å². The molecular weight excluding hydrogens is 316 g/mol. The first-order chi connectivity index (χ1) is 12.2. The molecule has 1 aromatic carbocycles. The third kappa shape index (κ3) is 3.03. The molecule has 1 fully saturated rings. The number of aromatic nitrogens is 3. The minimum atomic E-state index is -0.0296. The van der Waals surface area contributed by atoms with E-state index in [4.69, 9.17) is 4.52 Å². The molecule has 1 amide bonds. The van der Waals surface area contributed by atoms with Crippen molar-refractivity contribution in [2.75, 3.05) is 13.1 Å². The summed E-state index contributed by atoms with van der Waals surface area (Å²) < 4.78 is 5.56. The first kappa shape index (κ1) is 15.5. The second-order valence-corrected chi connectivity index (χ2v) is 6.25. The van der Waals surface area contributed by atoms with Gasteiger partial charge in [-0.25, -0.2) is 0 Å². The van der Waals surface area contributed by atoms with Gasteiger partial charge in [0.15, 0.2) is 0 Å². The Morgan fingerprint density at radius 2 is 1.92 bits per heavy atom. The number of carbonyl (C=O) groups excluding carboxylic acids is 1. The minimum Gasteiger partial charge on any atom is -0.341 e. The number of hydrogen-bond donors (Lipinski definition) is 0. The van der Waals surface area contributed by atoms with Crippen molar-refractivity contribution in [1.29, 1.82) is 0 Å². The van der Waals surface area contributed by atoms with Gasteiger partial charge in [-0.1, -0.05) is 41.6 Å². The lowest BCUT2D eigenvalue weighted by Gasteiger charge is -2.14. The van der Waals surface area contributed by atoms with Crippen LogP contribution in [0.1, 0.15) is 30.2 Å². The van der Waals surface area contributed by atoms with Crippen molar-refractivity contribution in [2.24, 2.45) is 0 Å². The first-order valence-electron chi connectivity index (χ1n) is 8.27. The minimum absolute atomic E-state index is 0.0296. The zero-order chi connectivity index (χ0) is 17.2. The summed E-state index contributed by atoms with van der Waals surface area (Å²) in [5.41, 5.74) is 1.99. The lowest BCUT2D eigenvalue weighted by atomic mass is 9.90. The molecule has 0 bridgehead atoms. The average molecular weight is 334 g/mol. The molecule has 1 aliphatic heterocycles. The molecular formula is C19H18N4O2. The Morgan fingerprint density at radius 1 is 1.12 bits per heavy atom. The van der Waals surface area contributed by atoms with Gasteiger partial charge in [-0.05, 0) is 11.6 Å². The standard InChI is InChI=1S/C19H18N4O2/c1-13(24)23-11-16(15-8-5-9-20-10-15)17(12-23)19-21-18(22-25-19)14-6-3-2-4-7-14/h2-10,16-17H,11-12H2,1H3/t16-,17+/m0/s1. The van der Waals surface area contributed by atoms with Crippen LogP contribution in [0.3, 0.4) is 0 Å². The number of amides is 1. The van der Waals surface area contributed by atoms with E-state index in [1.807, 2.05) is 53.6 Å². The highest BCUT2D eigenvalue weighted by Crippen LogP contribution is 2.39. The van der Waals surface area contributed by atoms with E-state index in [2.05, 4.69) is 15.1 Å². The molecule has 1 saturated heterocycles. The molecule has 3 heterocycles. The quantitative estimate of drug-likeness (QED) is 0.736. The molecule has 0 N–H and O–H groups in total. The van der Waals surface area contributed by atoms with Crippen molar-refractivity contribution >= 4 is 5.91 Å². The van der Waals surface area contributed by atoms with E-state index in [1.165, 1.54) is 0 Å². The van der Waals surface area contributed by atoms with Crippen LogP contribution >= 0.6 is 0 Å². The lowest BCUT2D eigenvalue weighted by molar-refractivity contribution is -0.127. The molecule has 3 aromatic rings. The number of rotatable bonds is 3. The Morgan fingerprint density at radius 3 is 2.64 bits per heavy atom. The van der Waals surface area contributed by atoms with Gasteiger partial charge in [0.2, 0.25) is 17.6 Å². The molecule has 0 aliphatic carbocycles. The van der Waals surface area contributed by atoms with E-state index in [0.717, 1.165) is 11.1 Å². The molecule has 0 unspecified atom stereocenters. The summed E-state index contributed by atoms with van der Waals surface area (Å²) >= 11 is 0. The maximum absolute atomic E-state index is 11.9. The zero-order valence-electron chi connectivity index (χ0n) is 13.9. The smallest absolute Gasteiger partial charge is 0.232 e. The van der Waals surface area contributed by atoms with Crippen LogP contribution in [0.15, 0.2) is 59.4 Å². The largest absolute Gasteiger partial charge is 0.341 e. The number of likely N-dealkylation sites (tertiary alicyclic amines) is 1. The number of pyridine rings is 1. The average Bonchev–Trinajstić information content (AvgIpc) is 3.30. The highest BCUT2D eigenvalue weighted by atomic mass is 16.5. The zero-order valence-corrected chi connectivity index (χ0v) is 13.9. The van der Waals surface area contributed by atoms with Gasteiger partial charge in [-0.2, -0.15) is 4.98 Å². The molecule has 2 atom stereocenters. The third-order valence-electron chi connectivity index (χ3n) is 4.67. The predicted molar refractivity (Wildman–Crippen MR) is 91.7 cm³/mol. The first-order valence-corrected chi connectivity index (χ1v) is 8.27. The molecule has 6 nitrogen and oxygen atoms in total. The van der Waals surface area contributed by atoms with Gasteiger partial charge >= 0.3 is 0 Å². The van der Waals surface area contributed by atoms with Crippen molar-refractivity contribution in [2.45, 2.75) is 18.8 Å². The summed E-state index contributed by atoms with van der Waals surface area (Å²) in [6.07, 6.45) is 3.59. The Hall–Kier alpha value is -3.02. The summed E-state index contributed by atoms with van der Waals surface area (Å²) in [6.45, 7) is 2.80. The number of nitrogens with zero attached hydrogens (tertiary/aromatic N) is 4. The summed E-state index contributed by atoms with van der Waals surface area (Å²) in [5.74, 6) is 1.26. The highest BCUT2D eigenvalue weighted by molar-refractivity contribution is 5.74. The second kappa shape index (κ2) is 6.47. The summed E-state index contributed by atoms with van der Waals surface area (Å²) in [6, 6.07) is 13.7. The Kier molecular flexibility index (Phi) is 4.01. The Balaban J connectivity index is 1.67. The summed E-state index contributed by atoms with van der Waals surface area (Å²) in [7, 11) is 0. The fourth-order valence-electron chi connectivity index (χ4n) is 3.33. The SMILES string of the molecule is CC(=O)N1C[C@@H](c2cccnc2)[C@H](c2nc(-c3ccccc3)no2)C1. The topological polar surface area (TPSA) is 72.1 Å². The molecule has 2 aromatic heterocycles. The molecule has 25 heavy (non-hydrogen) atoms. The van der Waals surface area contributed by atoms with Gasteiger partial charge in [0.05, 0.1) is 5.92 Å².